The zero-order valence-electron chi connectivity index (χ0n) is 16.8. The molecule has 1 N–H and O–H groups in total. The van der Waals surface area contributed by atoms with Crippen molar-refractivity contribution in [2.24, 2.45) is 7.05 Å². The van der Waals surface area contributed by atoms with E-state index < -0.39 is 11.6 Å². The molecular formula is C22H20F2N4O3. The van der Waals surface area contributed by atoms with Gasteiger partial charge in [0.05, 0.1) is 5.56 Å². The number of rotatable bonds is 3. The number of phenolic OH excluding ortho intramolecular Hbond substituents is 1. The Morgan fingerprint density at radius 3 is 2.29 bits per heavy atom. The molecule has 0 spiro atoms. The van der Waals surface area contributed by atoms with Gasteiger partial charge < -0.3 is 14.9 Å². The summed E-state index contributed by atoms with van der Waals surface area (Å²) < 4.78 is 29.0. The van der Waals surface area contributed by atoms with Crippen LogP contribution in [-0.2, 0) is 7.05 Å². The quantitative estimate of drug-likeness (QED) is 0.699. The van der Waals surface area contributed by atoms with Crippen molar-refractivity contribution in [2.45, 2.75) is 0 Å². The van der Waals surface area contributed by atoms with Crippen molar-refractivity contribution in [3.05, 3.63) is 71.4 Å². The molecule has 31 heavy (non-hydrogen) atoms. The van der Waals surface area contributed by atoms with Crippen LogP contribution in [0, 0.1) is 11.6 Å². The number of aromatic hydroxyl groups is 1. The van der Waals surface area contributed by atoms with Gasteiger partial charge in [0.15, 0.2) is 0 Å². The molecule has 0 unspecified atom stereocenters. The van der Waals surface area contributed by atoms with Crippen molar-refractivity contribution in [3.63, 3.8) is 0 Å². The predicted octanol–water partition coefficient (Wildman–Crippen LogP) is 2.67. The van der Waals surface area contributed by atoms with E-state index in [0.29, 0.717) is 31.7 Å². The summed E-state index contributed by atoms with van der Waals surface area (Å²) >= 11 is 0. The topological polar surface area (TPSA) is 78.7 Å². The summed E-state index contributed by atoms with van der Waals surface area (Å²) in [6.45, 7) is 1.23. The monoisotopic (exact) mass is 426 g/mol. The van der Waals surface area contributed by atoms with E-state index in [-0.39, 0.29) is 34.4 Å². The molecule has 1 aliphatic rings. The fraction of sp³-hybridized carbons (Fsp3) is 0.227. The molecule has 0 bridgehead atoms. The van der Waals surface area contributed by atoms with Gasteiger partial charge in [0.25, 0.3) is 11.8 Å². The summed E-state index contributed by atoms with van der Waals surface area (Å²) in [7, 11) is 1.62. The average molecular weight is 426 g/mol. The SMILES string of the molecule is Cn1cc(C(=O)N2CCN(C(=O)c3cccc(O)c3)CC2)c(-c2ccc(F)cc2F)n1. The smallest absolute Gasteiger partial charge is 0.257 e. The third-order valence-corrected chi connectivity index (χ3v) is 5.19. The van der Waals surface area contributed by atoms with Crippen molar-refractivity contribution in [2.75, 3.05) is 26.2 Å². The predicted molar refractivity (Wildman–Crippen MR) is 108 cm³/mol. The van der Waals surface area contributed by atoms with Gasteiger partial charge >= 0.3 is 0 Å². The Hall–Kier alpha value is -3.75. The van der Waals surface area contributed by atoms with Gasteiger partial charge in [-0.05, 0) is 30.3 Å². The maximum absolute atomic E-state index is 14.3. The highest BCUT2D eigenvalue weighted by molar-refractivity contribution is 6.00. The van der Waals surface area contributed by atoms with Gasteiger partial charge in [0.1, 0.15) is 23.1 Å². The second-order valence-corrected chi connectivity index (χ2v) is 7.32. The van der Waals surface area contributed by atoms with E-state index in [1.807, 2.05) is 0 Å². The standard InChI is InChI=1S/C22H20F2N4O3/c1-26-13-18(20(25-26)17-6-5-15(23)12-19(17)24)22(31)28-9-7-27(8-10-28)21(30)14-3-2-4-16(29)11-14/h2-6,11-13,29H,7-10H2,1H3. The second kappa shape index (κ2) is 8.17. The molecule has 2 aromatic carbocycles. The molecule has 0 radical (unpaired) electrons. The normalized spacial score (nSPS) is 14.0. The first kappa shape index (κ1) is 20.5. The van der Waals surface area contributed by atoms with Gasteiger partial charge in [-0.25, -0.2) is 8.78 Å². The number of hydrogen-bond donors (Lipinski definition) is 1. The molecule has 160 valence electrons. The summed E-state index contributed by atoms with van der Waals surface area (Å²) in [5.41, 5.74) is 0.771. The van der Waals surface area contributed by atoms with E-state index in [1.165, 1.54) is 29.1 Å². The molecule has 0 atom stereocenters. The number of carbonyl (C=O) groups is 2. The fourth-order valence-electron chi connectivity index (χ4n) is 3.63. The first-order chi connectivity index (χ1) is 14.8. The largest absolute Gasteiger partial charge is 0.508 e. The maximum atomic E-state index is 14.3. The van der Waals surface area contributed by atoms with Crippen LogP contribution in [0.15, 0.2) is 48.7 Å². The van der Waals surface area contributed by atoms with Crippen LogP contribution in [0.3, 0.4) is 0 Å². The number of amides is 2. The summed E-state index contributed by atoms with van der Waals surface area (Å²) in [5.74, 6) is -2.06. The lowest BCUT2D eigenvalue weighted by Gasteiger charge is -2.34. The first-order valence-electron chi connectivity index (χ1n) is 9.70. The van der Waals surface area contributed by atoms with E-state index in [0.717, 1.165) is 12.1 Å². The number of aromatic nitrogens is 2. The lowest BCUT2D eigenvalue weighted by molar-refractivity contribution is 0.0535. The van der Waals surface area contributed by atoms with Gasteiger partial charge in [-0.2, -0.15) is 5.10 Å². The van der Waals surface area contributed by atoms with E-state index in [9.17, 15) is 23.5 Å². The number of carbonyl (C=O) groups excluding carboxylic acids is 2. The maximum Gasteiger partial charge on any atom is 0.257 e. The van der Waals surface area contributed by atoms with Gasteiger partial charge in [-0.1, -0.05) is 6.07 Å². The van der Waals surface area contributed by atoms with E-state index in [1.54, 1.807) is 29.0 Å². The number of phenols is 1. The third-order valence-electron chi connectivity index (χ3n) is 5.19. The molecule has 1 aromatic heterocycles. The molecule has 2 heterocycles. The van der Waals surface area contributed by atoms with Crippen LogP contribution in [-0.4, -0.2) is 62.7 Å². The highest BCUT2D eigenvalue weighted by Gasteiger charge is 2.29. The molecular weight excluding hydrogens is 406 g/mol. The molecule has 2 amide bonds. The summed E-state index contributed by atoms with van der Waals surface area (Å²) in [6.07, 6.45) is 1.50. The Morgan fingerprint density at radius 2 is 1.65 bits per heavy atom. The zero-order chi connectivity index (χ0) is 22.1. The van der Waals surface area contributed by atoms with Crippen LogP contribution in [0.2, 0.25) is 0 Å². The molecule has 0 saturated carbocycles. The molecule has 1 fully saturated rings. The second-order valence-electron chi connectivity index (χ2n) is 7.32. The van der Waals surface area contributed by atoms with Crippen molar-refractivity contribution in [1.29, 1.82) is 0 Å². The Kier molecular flexibility index (Phi) is 5.41. The van der Waals surface area contributed by atoms with E-state index in [2.05, 4.69) is 5.10 Å². The van der Waals surface area contributed by atoms with Gasteiger partial charge in [-0.3, -0.25) is 14.3 Å². The van der Waals surface area contributed by atoms with Crippen LogP contribution in [0.1, 0.15) is 20.7 Å². The Labute approximate surface area is 177 Å². The minimum absolute atomic E-state index is 0.0109. The molecule has 4 rings (SSSR count). The molecule has 1 aliphatic heterocycles. The van der Waals surface area contributed by atoms with Crippen LogP contribution in [0.5, 0.6) is 5.75 Å². The van der Waals surface area contributed by atoms with E-state index >= 15 is 0 Å². The number of aryl methyl sites for hydroxylation is 1. The number of nitrogens with zero attached hydrogens (tertiary/aromatic N) is 4. The number of benzene rings is 2. The number of halogens is 2. The summed E-state index contributed by atoms with van der Waals surface area (Å²) in [4.78, 5) is 28.9. The van der Waals surface area contributed by atoms with Gasteiger partial charge in [0, 0.05) is 56.6 Å². The Bertz CT molecular complexity index is 1150. The first-order valence-corrected chi connectivity index (χ1v) is 9.70. The molecule has 7 nitrogen and oxygen atoms in total. The minimum Gasteiger partial charge on any atom is -0.508 e. The van der Waals surface area contributed by atoms with Crippen LogP contribution in [0.4, 0.5) is 8.78 Å². The van der Waals surface area contributed by atoms with Crippen molar-refractivity contribution >= 4 is 11.8 Å². The molecule has 9 heteroatoms. The van der Waals surface area contributed by atoms with Crippen molar-refractivity contribution < 1.29 is 23.5 Å². The lowest BCUT2D eigenvalue weighted by atomic mass is 10.1. The van der Waals surface area contributed by atoms with E-state index in [4.69, 9.17) is 0 Å². The summed E-state index contributed by atoms with van der Waals surface area (Å²) in [6, 6.07) is 9.24. The zero-order valence-corrected chi connectivity index (χ0v) is 16.8. The molecule has 3 aromatic rings. The highest BCUT2D eigenvalue weighted by atomic mass is 19.1. The Balaban J connectivity index is 1.50. The van der Waals surface area contributed by atoms with Crippen molar-refractivity contribution in [3.8, 4) is 17.0 Å². The molecule has 0 aliphatic carbocycles. The van der Waals surface area contributed by atoms with Crippen LogP contribution < -0.4 is 0 Å². The Morgan fingerprint density at radius 1 is 0.968 bits per heavy atom. The fourth-order valence-corrected chi connectivity index (χ4v) is 3.63. The average Bonchev–Trinajstić information content (AvgIpc) is 3.14. The van der Waals surface area contributed by atoms with Gasteiger partial charge in [0.2, 0.25) is 0 Å². The summed E-state index contributed by atoms with van der Waals surface area (Å²) in [5, 5.41) is 13.8. The van der Waals surface area contributed by atoms with Crippen LogP contribution >= 0.6 is 0 Å². The van der Waals surface area contributed by atoms with Gasteiger partial charge in [-0.15, -0.1) is 0 Å². The molecule has 1 saturated heterocycles. The third kappa shape index (κ3) is 4.11. The van der Waals surface area contributed by atoms with Crippen molar-refractivity contribution in [1.82, 2.24) is 19.6 Å². The van der Waals surface area contributed by atoms with Crippen LogP contribution in [0.25, 0.3) is 11.3 Å². The lowest BCUT2D eigenvalue weighted by Crippen LogP contribution is -2.50. The highest BCUT2D eigenvalue weighted by Crippen LogP contribution is 2.27. The number of hydrogen-bond acceptors (Lipinski definition) is 4. The number of piperazine rings is 1. The minimum atomic E-state index is -0.797.